The summed E-state index contributed by atoms with van der Waals surface area (Å²) < 4.78 is 5.56. The van der Waals surface area contributed by atoms with Crippen molar-refractivity contribution in [3.63, 3.8) is 0 Å². The number of rotatable bonds is 4. The number of carbonyl (C=O) groups excluding carboxylic acids is 1. The maximum Gasteiger partial charge on any atom is 0.251 e. The number of nitrogens with zero attached hydrogens (tertiary/aromatic N) is 6. The summed E-state index contributed by atoms with van der Waals surface area (Å²) in [7, 11) is 3.98. The number of carbonyl (C=O) groups is 1. The zero-order valence-corrected chi connectivity index (χ0v) is 21.5. The Balaban J connectivity index is 0.00000289. The highest BCUT2D eigenvalue weighted by atomic mass is 127. The van der Waals surface area contributed by atoms with Gasteiger partial charge in [-0.15, -0.1) is 24.0 Å². The molecule has 0 aromatic carbocycles. The standard InChI is InChI=1S/C22H35N7O2.HI/c1-23-22(29-13-11-28(12-14-29)21(30)19-4-3-15-31-19)25-17-18-5-6-24-20(16-18)27-9-7-26(2)8-10-27;/h5-6,16,19H,3-4,7-15,17H2,1-2H3,(H,23,25);1H. The van der Waals surface area contributed by atoms with Crippen LogP contribution in [0.2, 0.25) is 0 Å². The van der Waals surface area contributed by atoms with Crippen molar-refractivity contribution in [1.82, 2.24) is 25.0 Å². The van der Waals surface area contributed by atoms with Crippen molar-refractivity contribution in [2.24, 2.45) is 4.99 Å². The fourth-order valence-corrected chi connectivity index (χ4v) is 4.41. The molecule has 3 saturated heterocycles. The SMILES string of the molecule is CN=C(NCc1ccnc(N2CCN(C)CC2)c1)N1CCN(C(=O)C2CCCO2)CC1.I. The maximum absolute atomic E-state index is 12.6. The molecular weight excluding hydrogens is 521 g/mol. The topological polar surface area (TPSA) is 76.5 Å². The second kappa shape index (κ2) is 12.0. The first-order chi connectivity index (χ1) is 15.1. The van der Waals surface area contributed by atoms with Crippen LogP contribution in [-0.2, 0) is 16.1 Å². The third kappa shape index (κ3) is 6.22. The number of aromatic nitrogens is 1. The lowest BCUT2D eigenvalue weighted by molar-refractivity contribution is -0.142. The molecule has 3 aliphatic heterocycles. The van der Waals surface area contributed by atoms with Crippen molar-refractivity contribution in [2.75, 3.05) is 78.0 Å². The van der Waals surface area contributed by atoms with E-state index < -0.39 is 0 Å². The van der Waals surface area contributed by atoms with E-state index in [0.29, 0.717) is 26.2 Å². The van der Waals surface area contributed by atoms with Crippen LogP contribution in [0.15, 0.2) is 23.3 Å². The first-order valence-corrected chi connectivity index (χ1v) is 11.4. The fourth-order valence-electron chi connectivity index (χ4n) is 4.41. The highest BCUT2D eigenvalue weighted by molar-refractivity contribution is 14.0. The van der Waals surface area contributed by atoms with Crippen LogP contribution in [0.1, 0.15) is 18.4 Å². The number of anilines is 1. The minimum Gasteiger partial charge on any atom is -0.368 e. The second-order valence-electron chi connectivity index (χ2n) is 8.53. The highest BCUT2D eigenvalue weighted by Crippen LogP contribution is 2.17. The molecule has 178 valence electrons. The monoisotopic (exact) mass is 557 g/mol. The largest absolute Gasteiger partial charge is 0.368 e. The van der Waals surface area contributed by atoms with Crippen molar-refractivity contribution in [3.8, 4) is 0 Å². The number of hydrogen-bond acceptors (Lipinski definition) is 6. The molecule has 0 radical (unpaired) electrons. The molecular formula is C22H36IN7O2. The summed E-state index contributed by atoms with van der Waals surface area (Å²) in [5, 5.41) is 3.49. The first-order valence-electron chi connectivity index (χ1n) is 11.4. The quantitative estimate of drug-likeness (QED) is 0.334. The van der Waals surface area contributed by atoms with Gasteiger partial charge in [-0.1, -0.05) is 0 Å². The van der Waals surface area contributed by atoms with Gasteiger partial charge in [0.05, 0.1) is 0 Å². The third-order valence-corrected chi connectivity index (χ3v) is 6.40. The van der Waals surface area contributed by atoms with Crippen LogP contribution in [0, 0.1) is 0 Å². The molecule has 10 heteroatoms. The van der Waals surface area contributed by atoms with E-state index in [2.05, 4.69) is 49.2 Å². The molecule has 32 heavy (non-hydrogen) atoms. The van der Waals surface area contributed by atoms with E-state index >= 15 is 0 Å². The molecule has 0 bridgehead atoms. The molecule has 0 aliphatic carbocycles. The van der Waals surface area contributed by atoms with Crippen molar-refractivity contribution in [2.45, 2.75) is 25.5 Å². The Hall–Kier alpha value is -1.66. The summed E-state index contributed by atoms with van der Waals surface area (Å²) in [5.74, 6) is 2.07. The number of nitrogens with one attached hydrogen (secondary N) is 1. The van der Waals surface area contributed by atoms with Crippen molar-refractivity contribution in [3.05, 3.63) is 23.9 Å². The summed E-state index contributed by atoms with van der Waals surface area (Å²) in [5.41, 5.74) is 1.19. The lowest BCUT2D eigenvalue weighted by Crippen LogP contribution is -2.55. The number of guanidine groups is 1. The second-order valence-corrected chi connectivity index (χ2v) is 8.53. The Kier molecular flexibility index (Phi) is 9.35. The van der Waals surface area contributed by atoms with Crippen LogP contribution < -0.4 is 10.2 Å². The molecule has 4 heterocycles. The number of halogens is 1. The molecule has 4 rings (SSSR count). The summed E-state index contributed by atoms with van der Waals surface area (Å²) in [6, 6.07) is 4.22. The van der Waals surface area contributed by atoms with E-state index in [9.17, 15) is 4.79 Å². The first kappa shape index (κ1) is 25.0. The minimum atomic E-state index is -0.231. The molecule has 1 aromatic heterocycles. The number of hydrogen-bond donors (Lipinski definition) is 1. The number of amides is 1. The van der Waals surface area contributed by atoms with E-state index in [0.717, 1.165) is 63.9 Å². The number of ether oxygens (including phenoxy) is 1. The van der Waals surface area contributed by atoms with Gasteiger partial charge in [-0.25, -0.2) is 4.98 Å². The number of likely N-dealkylation sites (N-methyl/N-ethyl adjacent to an activating group) is 1. The zero-order valence-electron chi connectivity index (χ0n) is 19.2. The van der Waals surface area contributed by atoms with Crippen LogP contribution in [0.25, 0.3) is 0 Å². The van der Waals surface area contributed by atoms with Gasteiger partial charge >= 0.3 is 0 Å². The van der Waals surface area contributed by atoms with Gasteiger partial charge in [-0.05, 0) is 37.6 Å². The molecule has 1 N–H and O–H groups in total. The van der Waals surface area contributed by atoms with E-state index in [1.54, 1.807) is 0 Å². The summed E-state index contributed by atoms with van der Waals surface area (Å²) >= 11 is 0. The summed E-state index contributed by atoms with van der Waals surface area (Å²) in [4.78, 5) is 30.5. The van der Waals surface area contributed by atoms with Crippen LogP contribution in [-0.4, -0.2) is 111 Å². The molecule has 3 aliphatic rings. The predicted octanol–water partition coefficient (Wildman–Crippen LogP) is 0.850. The van der Waals surface area contributed by atoms with Gasteiger partial charge in [0.1, 0.15) is 11.9 Å². The van der Waals surface area contributed by atoms with E-state index in [1.165, 1.54) is 5.56 Å². The van der Waals surface area contributed by atoms with Gasteiger partial charge in [-0.2, -0.15) is 0 Å². The Bertz CT molecular complexity index is 771. The van der Waals surface area contributed by atoms with Crippen LogP contribution in [0.5, 0.6) is 0 Å². The van der Waals surface area contributed by atoms with Crippen molar-refractivity contribution < 1.29 is 9.53 Å². The normalized spacial score (nSPS) is 22.6. The molecule has 1 aromatic rings. The lowest BCUT2D eigenvalue weighted by atomic mass is 10.2. The minimum absolute atomic E-state index is 0. The van der Waals surface area contributed by atoms with Crippen LogP contribution >= 0.6 is 24.0 Å². The van der Waals surface area contributed by atoms with Gasteiger partial charge in [0.25, 0.3) is 5.91 Å². The Morgan fingerprint density at radius 3 is 2.53 bits per heavy atom. The van der Waals surface area contributed by atoms with E-state index in [1.807, 2.05) is 18.1 Å². The fraction of sp³-hybridized carbons (Fsp3) is 0.682. The number of aliphatic imine (C=N–C) groups is 1. The molecule has 1 atom stereocenters. The Morgan fingerprint density at radius 2 is 1.88 bits per heavy atom. The molecule has 9 nitrogen and oxygen atoms in total. The Morgan fingerprint density at radius 1 is 1.16 bits per heavy atom. The van der Waals surface area contributed by atoms with Gasteiger partial charge in [0.15, 0.2) is 5.96 Å². The van der Waals surface area contributed by atoms with Crippen molar-refractivity contribution >= 4 is 41.7 Å². The third-order valence-electron chi connectivity index (χ3n) is 6.40. The van der Waals surface area contributed by atoms with Gasteiger partial charge < -0.3 is 29.7 Å². The van der Waals surface area contributed by atoms with Gasteiger partial charge in [-0.3, -0.25) is 9.79 Å². The average molecular weight is 557 g/mol. The lowest BCUT2D eigenvalue weighted by Gasteiger charge is -2.37. The van der Waals surface area contributed by atoms with Crippen LogP contribution in [0.4, 0.5) is 5.82 Å². The predicted molar refractivity (Wildman–Crippen MR) is 137 cm³/mol. The number of piperazine rings is 2. The van der Waals surface area contributed by atoms with Crippen LogP contribution in [0.3, 0.4) is 0 Å². The summed E-state index contributed by atoms with van der Waals surface area (Å²) in [6.45, 7) is 8.54. The molecule has 0 spiro atoms. The van der Waals surface area contributed by atoms with Gasteiger partial charge in [0.2, 0.25) is 0 Å². The number of pyridine rings is 1. The molecule has 1 unspecified atom stereocenters. The summed E-state index contributed by atoms with van der Waals surface area (Å²) in [6.07, 6.45) is 3.50. The maximum atomic E-state index is 12.6. The average Bonchev–Trinajstić information content (AvgIpc) is 3.35. The molecule has 3 fully saturated rings. The van der Waals surface area contributed by atoms with E-state index in [4.69, 9.17) is 4.74 Å². The zero-order chi connectivity index (χ0) is 21.6. The van der Waals surface area contributed by atoms with E-state index in [-0.39, 0.29) is 36.0 Å². The van der Waals surface area contributed by atoms with Crippen molar-refractivity contribution in [1.29, 1.82) is 0 Å². The smallest absolute Gasteiger partial charge is 0.251 e. The van der Waals surface area contributed by atoms with Gasteiger partial charge in [0, 0.05) is 78.8 Å². The molecule has 0 saturated carbocycles. The highest BCUT2D eigenvalue weighted by Gasteiger charge is 2.30. The Labute approximate surface area is 208 Å². The molecule has 1 amide bonds.